The molecular formula is C10H17NO3. The van der Waals surface area contributed by atoms with Crippen LogP contribution in [0.25, 0.3) is 0 Å². The molecule has 0 amide bonds. The molecule has 0 aliphatic carbocycles. The highest BCUT2D eigenvalue weighted by atomic mass is 16.5. The predicted octanol–water partition coefficient (Wildman–Crippen LogP) is 0.802. The molecule has 0 radical (unpaired) electrons. The molecular weight excluding hydrogens is 182 g/mol. The van der Waals surface area contributed by atoms with Crippen LogP contribution in [0.5, 0.6) is 0 Å². The van der Waals surface area contributed by atoms with Gasteiger partial charge >= 0.3 is 5.97 Å². The molecule has 0 fully saturated rings. The van der Waals surface area contributed by atoms with Gasteiger partial charge in [-0.1, -0.05) is 12.2 Å². The Hall–Kier alpha value is -1.16. The van der Waals surface area contributed by atoms with Crippen molar-refractivity contribution in [1.82, 2.24) is 0 Å². The van der Waals surface area contributed by atoms with Gasteiger partial charge < -0.3 is 10.5 Å². The Kier molecular flexibility index (Phi) is 5.79. The van der Waals surface area contributed by atoms with Gasteiger partial charge in [0.05, 0.1) is 6.61 Å². The van der Waals surface area contributed by atoms with Gasteiger partial charge in [-0.2, -0.15) is 0 Å². The highest BCUT2D eigenvalue weighted by Gasteiger charge is 2.14. The van der Waals surface area contributed by atoms with Crippen molar-refractivity contribution >= 4 is 11.8 Å². The van der Waals surface area contributed by atoms with Gasteiger partial charge in [0, 0.05) is 12.5 Å². The van der Waals surface area contributed by atoms with Crippen LogP contribution in [0.2, 0.25) is 0 Å². The van der Waals surface area contributed by atoms with E-state index in [9.17, 15) is 9.59 Å². The minimum atomic E-state index is -0.494. The molecule has 4 nitrogen and oxygen atoms in total. The molecule has 1 unspecified atom stereocenters. The third-order valence-electron chi connectivity index (χ3n) is 1.73. The molecule has 0 spiro atoms. The standard InChI is InChI=1S/C10H17NO3/c1-4-14-10(13)6-8(12)5-9(11)7(2)3/h9H,2,4-6,11H2,1,3H3. The maximum atomic E-state index is 11.2. The number of ketones is 1. The van der Waals surface area contributed by atoms with E-state index in [1.807, 2.05) is 0 Å². The molecule has 0 saturated carbocycles. The largest absolute Gasteiger partial charge is 0.466 e. The minimum absolute atomic E-state index is 0.147. The van der Waals surface area contributed by atoms with E-state index in [0.29, 0.717) is 6.61 Å². The molecule has 0 aromatic heterocycles. The molecule has 0 bridgehead atoms. The average Bonchev–Trinajstić information content (AvgIpc) is 2.03. The Morgan fingerprint density at radius 1 is 1.50 bits per heavy atom. The van der Waals surface area contributed by atoms with Crippen LogP contribution in [0.4, 0.5) is 0 Å². The molecule has 1 atom stereocenters. The van der Waals surface area contributed by atoms with Crippen molar-refractivity contribution in [2.75, 3.05) is 6.61 Å². The first-order valence-corrected chi connectivity index (χ1v) is 4.55. The van der Waals surface area contributed by atoms with Crippen LogP contribution in [-0.4, -0.2) is 24.4 Å². The smallest absolute Gasteiger partial charge is 0.313 e. The van der Waals surface area contributed by atoms with Crippen LogP contribution < -0.4 is 5.73 Å². The Morgan fingerprint density at radius 2 is 2.07 bits per heavy atom. The van der Waals surface area contributed by atoms with Crippen LogP contribution in [0.15, 0.2) is 12.2 Å². The Bertz CT molecular complexity index is 236. The molecule has 0 rings (SSSR count). The Morgan fingerprint density at radius 3 is 2.50 bits per heavy atom. The van der Waals surface area contributed by atoms with E-state index in [2.05, 4.69) is 11.3 Å². The van der Waals surface area contributed by atoms with Crippen molar-refractivity contribution < 1.29 is 14.3 Å². The third-order valence-corrected chi connectivity index (χ3v) is 1.73. The number of rotatable bonds is 6. The second kappa shape index (κ2) is 6.32. The van der Waals surface area contributed by atoms with E-state index in [1.165, 1.54) is 0 Å². The van der Waals surface area contributed by atoms with E-state index < -0.39 is 5.97 Å². The van der Waals surface area contributed by atoms with Gasteiger partial charge in [0.25, 0.3) is 0 Å². The number of nitrogens with two attached hydrogens (primary N) is 1. The van der Waals surface area contributed by atoms with Crippen LogP contribution in [-0.2, 0) is 14.3 Å². The van der Waals surface area contributed by atoms with Crippen molar-refractivity contribution in [2.24, 2.45) is 5.73 Å². The predicted molar refractivity (Wildman–Crippen MR) is 53.7 cm³/mol. The number of carbonyl (C=O) groups is 2. The monoisotopic (exact) mass is 199 g/mol. The normalized spacial score (nSPS) is 11.9. The fourth-order valence-corrected chi connectivity index (χ4v) is 0.865. The van der Waals surface area contributed by atoms with E-state index in [-0.39, 0.29) is 24.7 Å². The minimum Gasteiger partial charge on any atom is -0.466 e. The van der Waals surface area contributed by atoms with Crippen molar-refractivity contribution in [3.8, 4) is 0 Å². The Balaban J connectivity index is 3.86. The van der Waals surface area contributed by atoms with E-state index in [0.717, 1.165) is 5.57 Å². The van der Waals surface area contributed by atoms with Gasteiger partial charge in [0.1, 0.15) is 12.2 Å². The molecule has 14 heavy (non-hydrogen) atoms. The maximum Gasteiger partial charge on any atom is 0.313 e. The molecule has 80 valence electrons. The lowest BCUT2D eigenvalue weighted by Crippen LogP contribution is -2.25. The summed E-state index contributed by atoms with van der Waals surface area (Å²) in [6.45, 7) is 7.37. The highest BCUT2D eigenvalue weighted by molar-refractivity contribution is 5.95. The lowest BCUT2D eigenvalue weighted by molar-refractivity contribution is -0.145. The molecule has 0 heterocycles. The molecule has 0 aromatic carbocycles. The summed E-state index contributed by atoms with van der Waals surface area (Å²) >= 11 is 0. The first-order valence-electron chi connectivity index (χ1n) is 4.55. The summed E-state index contributed by atoms with van der Waals surface area (Å²) in [4.78, 5) is 22.1. The third kappa shape index (κ3) is 5.48. The molecule has 2 N–H and O–H groups in total. The van der Waals surface area contributed by atoms with Crippen LogP contribution in [0.3, 0.4) is 0 Å². The van der Waals surface area contributed by atoms with Crippen LogP contribution >= 0.6 is 0 Å². The van der Waals surface area contributed by atoms with E-state index in [1.54, 1.807) is 13.8 Å². The van der Waals surface area contributed by atoms with Crippen molar-refractivity contribution in [2.45, 2.75) is 32.7 Å². The molecule has 0 aliphatic rings. The number of Topliss-reactive ketones (excluding diaryl/α,β-unsaturated/α-hetero) is 1. The fourth-order valence-electron chi connectivity index (χ4n) is 0.865. The number of hydrogen-bond acceptors (Lipinski definition) is 4. The zero-order chi connectivity index (χ0) is 11.1. The summed E-state index contributed by atoms with van der Waals surface area (Å²) in [6.07, 6.45) is -0.0526. The molecule has 0 saturated heterocycles. The topological polar surface area (TPSA) is 69.4 Å². The quantitative estimate of drug-likeness (QED) is 0.390. The zero-order valence-electron chi connectivity index (χ0n) is 8.71. The summed E-state index contributed by atoms with van der Waals surface area (Å²) in [5.41, 5.74) is 6.33. The first kappa shape index (κ1) is 12.8. The van der Waals surface area contributed by atoms with Gasteiger partial charge in [-0.05, 0) is 13.8 Å². The van der Waals surface area contributed by atoms with Gasteiger partial charge in [-0.25, -0.2) is 0 Å². The van der Waals surface area contributed by atoms with Gasteiger partial charge in [0.15, 0.2) is 0 Å². The molecule has 4 heteroatoms. The van der Waals surface area contributed by atoms with Crippen molar-refractivity contribution in [3.05, 3.63) is 12.2 Å². The Labute approximate surface area is 84.1 Å². The summed E-state index contributed by atoms with van der Waals surface area (Å²) in [6, 6.07) is -0.364. The SMILES string of the molecule is C=C(C)C(N)CC(=O)CC(=O)OCC. The van der Waals surface area contributed by atoms with Crippen LogP contribution in [0.1, 0.15) is 26.7 Å². The van der Waals surface area contributed by atoms with E-state index in [4.69, 9.17) is 5.73 Å². The highest BCUT2D eigenvalue weighted by Crippen LogP contribution is 2.03. The number of hydrogen-bond donors (Lipinski definition) is 1. The summed E-state index contributed by atoms with van der Waals surface area (Å²) in [7, 11) is 0. The second-order valence-electron chi connectivity index (χ2n) is 3.18. The average molecular weight is 199 g/mol. The zero-order valence-corrected chi connectivity index (χ0v) is 8.71. The molecule has 0 aliphatic heterocycles. The van der Waals surface area contributed by atoms with Crippen LogP contribution in [0, 0.1) is 0 Å². The fraction of sp³-hybridized carbons (Fsp3) is 0.600. The summed E-state index contributed by atoms with van der Waals surface area (Å²) < 4.78 is 4.63. The number of ether oxygens (including phenoxy) is 1. The molecule has 0 aromatic rings. The first-order chi connectivity index (χ1) is 6.47. The maximum absolute atomic E-state index is 11.2. The van der Waals surface area contributed by atoms with Gasteiger partial charge in [-0.15, -0.1) is 0 Å². The van der Waals surface area contributed by atoms with E-state index >= 15 is 0 Å². The van der Waals surface area contributed by atoms with Crippen molar-refractivity contribution in [1.29, 1.82) is 0 Å². The lowest BCUT2D eigenvalue weighted by Gasteiger charge is -2.09. The van der Waals surface area contributed by atoms with Gasteiger partial charge in [0.2, 0.25) is 0 Å². The summed E-state index contributed by atoms with van der Waals surface area (Å²) in [5, 5.41) is 0. The number of esters is 1. The second-order valence-corrected chi connectivity index (χ2v) is 3.18. The summed E-state index contributed by atoms with van der Waals surface area (Å²) in [5.74, 6) is -0.703. The van der Waals surface area contributed by atoms with Crippen molar-refractivity contribution in [3.63, 3.8) is 0 Å². The number of carbonyl (C=O) groups excluding carboxylic acids is 2. The lowest BCUT2D eigenvalue weighted by atomic mass is 10.0. The van der Waals surface area contributed by atoms with Gasteiger partial charge in [-0.3, -0.25) is 9.59 Å².